The number of hydrogen-bond donors (Lipinski definition) is 1. The van der Waals surface area contributed by atoms with Crippen LogP contribution in [0.5, 0.6) is 0 Å². The molecule has 0 saturated carbocycles. The molecule has 2 aromatic heterocycles. The molecule has 3 aromatic rings. The van der Waals surface area contributed by atoms with Crippen LogP contribution in [-0.4, -0.2) is 14.5 Å². The van der Waals surface area contributed by atoms with Crippen molar-refractivity contribution in [3.8, 4) is 5.69 Å². The van der Waals surface area contributed by atoms with E-state index >= 15 is 0 Å². The van der Waals surface area contributed by atoms with Crippen LogP contribution < -0.4 is 0 Å². The zero-order valence-electron chi connectivity index (χ0n) is 11.4. The van der Waals surface area contributed by atoms with Crippen molar-refractivity contribution in [3.63, 3.8) is 0 Å². The SMILES string of the molecule is S=c1[nH]c2cc(Cl)cnc2n1-c1cccc2c1CCCC2. The summed E-state index contributed by atoms with van der Waals surface area (Å²) in [6.45, 7) is 0. The van der Waals surface area contributed by atoms with Gasteiger partial charge in [-0.2, -0.15) is 0 Å². The Kier molecular flexibility index (Phi) is 3.08. The van der Waals surface area contributed by atoms with Gasteiger partial charge in [-0.25, -0.2) is 4.98 Å². The number of nitrogens with one attached hydrogen (secondary N) is 1. The topological polar surface area (TPSA) is 33.6 Å². The Hall–Kier alpha value is -1.65. The number of nitrogens with zero attached hydrogens (tertiary/aromatic N) is 2. The lowest BCUT2D eigenvalue weighted by atomic mass is 9.90. The smallest absolute Gasteiger partial charge is 0.184 e. The number of halogens is 1. The molecule has 0 saturated heterocycles. The van der Waals surface area contributed by atoms with Crippen molar-refractivity contribution in [2.45, 2.75) is 25.7 Å². The van der Waals surface area contributed by atoms with Crippen LogP contribution >= 0.6 is 23.8 Å². The molecule has 0 radical (unpaired) electrons. The monoisotopic (exact) mass is 315 g/mol. The van der Waals surface area contributed by atoms with E-state index in [1.807, 2.05) is 10.6 Å². The minimum absolute atomic E-state index is 0.612. The van der Waals surface area contributed by atoms with Gasteiger partial charge in [0.05, 0.1) is 16.2 Å². The highest BCUT2D eigenvalue weighted by atomic mass is 35.5. The lowest BCUT2D eigenvalue weighted by Crippen LogP contribution is -2.08. The van der Waals surface area contributed by atoms with Gasteiger partial charge in [0.15, 0.2) is 10.4 Å². The summed E-state index contributed by atoms with van der Waals surface area (Å²) in [5.41, 5.74) is 5.70. The van der Waals surface area contributed by atoms with Gasteiger partial charge in [-0.05, 0) is 61.2 Å². The Morgan fingerprint density at radius 1 is 1.24 bits per heavy atom. The molecule has 0 fully saturated rings. The predicted molar refractivity (Wildman–Crippen MR) is 87.9 cm³/mol. The molecule has 106 valence electrons. The fourth-order valence-corrected chi connectivity index (χ4v) is 3.62. The maximum Gasteiger partial charge on any atom is 0.184 e. The Morgan fingerprint density at radius 2 is 2.10 bits per heavy atom. The number of aryl methyl sites for hydroxylation is 1. The maximum absolute atomic E-state index is 6.02. The summed E-state index contributed by atoms with van der Waals surface area (Å²) in [7, 11) is 0. The van der Waals surface area contributed by atoms with Crippen LogP contribution in [-0.2, 0) is 12.8 Å². The molecule has 1 aliphatic rings. The van der Waals surface area contributed by atoms with Gasteiger partial charge in [0.2, 0.25) is 0 Å². The first-order valence-corrected chi connectivity index (χ1v) is 7.90. The van der Waals surface area contributed by atoms with Gasteiger partial charge in [-0.1, -0.05) is 23.7 Å². The molecule has 0 atom stereocenters. The van der Waals surface area contributed by atoms with Crippen LogP contribution in [0.15, 0.2) is 30.5 Å². The number of rotatable bonds is 1. The van der Waals surface area contributed by atoms with E-state index in [2.05, 4.69) is 28.2 Å². The molecule has 21 heavy (non-hydrogen) atoms. The summed E-state index contributed by atoms with van der Waals surface area (Å²) in [6.07, 6.45) is 6.42. The van der Waals surface area contributed by atoms with Crippen molar-refractivity contribution in [1.82, 2.24) is 14.5 Å². The van der Waals surface area contributed by atoms with Crippen molar-refractivity contribution in [1.29, 1.82) is 0 Å². The van der Waals surface area contributed by atoms with Crippen molar-refractivity contribution in [2.24, 2.45) is 0 Å². The maximum atomic E-state index is 6.02. The second-order valence-corrected chi connectivity index (χ2v) is 6.24. The number of hydrogen-bond acceptors (Lipinski definition) is 2. The second kappa shape index (κ2) is 4.97. The number of benzene rings is 1. The number of imidazole rings is 1. The predicted octanol–water partition coefficient (Wildman–Crippen LogP) is 4.62. The third kappa shape index (κ3) is 2.10. The summed E-state index contributed by atoms with van der Waals surface area (Å²) in [6, 6.07) is 8.33. The van der Waals surface area contributed by atoms with Crippen LogP contribution in [0.3, 0.4) is 0 Å². The molecule has 0 aliphatic heterocycles. The zero-order valence-corrected chi connectivity index (χ0v) is 13.0. The fourth-order valence-electron chi connectivity index (χ4n) is 3.16. The van der Waals surface area contributed by atoms with Gasteiger partial charge in [0, 0.05) is 6.20 Å². The molecule has 0 bridgehead atoms. The van der Waals surface area contributed by atoms with Crippen LogP contribution in [0.2, 0.25) is 5.02 Å². The van der Waals surface area contributed by atoms with E-state index in [1.54, 1.807) is 6.20 Å². The van der Waals surface area contributed by atoms with Crippen molar-refractivity contribution in [3.05, 3.63) is 51.4 Å². The molecule has 1 aliphatic carbocycles. The highest BCUT2D eigenvalue weighted by Gasteiger charge is 2.17. The van der Waals surface area contributed by atoms with Gasteiger partial charge in [0.25, 0.3) is 0 Å². The standard InChI is InChI=1S/C16H14ClN3S/c17-11-8-13-15(18-9-11)20(16(21)19-13)14-7-3-5-10-4-1-2-6-12(10)14/h3,5,7-9H,1-2,4,6H2,(H,19,21). The number of aromatic nitrogens is 3. The highest BCUT2D eigenvalue weighted by Crippen LogP contribution is 2.29. The van der Waals surface area contributed by atoms with E-state index in [-0.39, 0.29) is 0 Å². The summed E-state index contributed by atoms with van der Waals surface area (Å²) in [4.78, 5) is 7.66. The number of pyridine rings is 1. The van der Waals surface area contributed by atoms with E-state index in [0.29, 0.717) is 9.79 Å². The number of H-pyrrole nitrogens is 1. The molecular weight excluding hydrogens is 302 g/mol. The molecule has 5 heteroatoms. The molecule has 1 N–H and O–H groups in total. The van der Waals surface area contributed by atoms with E-state index < -0.39 is 0 Å². The summed E-state index contributed by atoms with van der Waals surface area (Å²) < 4.78 is 2.70. The molecule has 0 amide bonds. The lowest BCUT2D eigenvalue weighted by Gasteiger charge is -2.19. The molecule has 0 unspecified atom stereocenters. The van der Waals surface area contributed by atoms with Crippen LogP contribution in [0.1, 0.15) is 24.0 Å². The number of fused-ring (bicyclic) bond motifs is 2. The molecule has 0 spiro atoms. The molecule has 4 rings (SSSR count). The van der Waals surface area contributed by atoms with Crippen molar-refractivity contribution in [2.75, 3.05) is 0 Å². The third-order valence-electron chi connectivity index (χ3n) is 4.10. The molecule has 2 heterocycles. The Balaban J connectivity index is 2.03. The Morgan fingerprint density at radius 3 is 3.00 bits per heavy atom. The molecule has 1 aromatic carbocycles. The summed E-state index contributed by atoms with van der Waals surface area (Å²) in [5.74, 6) is 0. The van der Waals surface area contributed by atoms with Gasteiger partial charge in [-0.3, -0.25) is 4.57 Å². The minimum atomic E-state index is 0.612. The first-order valence-electron chi connectivity index (χ1n) is 7.11. The Bertz CT molecular complexity index is 894. The van der Waals surface area contributed by atoms with Crippen LogP contribution in [0.4, 0.5) is 0 Å². The van der Waals surface area contributed by atoms with Gasteiger partial charge in [-0.15, -0.1) is 0 Å². The first kappa shape index (κ1) is 13.0. The Labute approximate surface area is 132 Å². The zero-order chi connectivity index (χ0) is 14.4. The normalized spacial score (nSPS) is 14.3. The number of aromatic amines is 1. The van der Waals surface area contributed by atoms with Crippen molar-refractivity contribution < 1.29 is 0 Å². The van der Waals surface area contributed by atoms with E-state index in [1.165, 1.54) is 24.0 Å². The van der Waals surface area contributed by atoms with Crippen LogP contribution in [0, 0.1) is 4.77 Å². The fraction of sp³-hybridized carbons (Fsp3) is 0.250. The first-order chi connectivity index (χ1) is 10.2. The lowest BCUT2D eigenvalue weighted by molar-refractivity contribution is 0.681. The van der Waals surface area contributed by atoms with E-state index in [4.69, 9.17) is 23.8 Å². The highest BCUT2D eigenvalue weighted by molar-refractivity contribution is 7.71. The van der Waals surface area contributed by atoms with E-state index in [9.17, 15) is 0 Å². The van der Waals surface area contributed by atoms with Gasteiger partial charge in [0.1, 0.15) is 0 Å². The third-order valence-corrected chi connectivity index (χ3v) is 4.59. The molecular formula is C16H14ClN3S. The second-order valence-electron chi connectivity index (χ2n) is 5.41. The largest absolute Gasteiger partial charge is 0.329 e. The van der Waals surface area contributed by atoms with Crippen molar-refractivity contribution >= 4 is 35.0 Å². The van der Waals surface area contributed by atoms with Gasteiger partial charge < -0.3 is 4.98 Å². The van der Waals surface area contributed by atoms with E-state index in [0.717, 1.165) is 29.7 Å². The summed E-state index contributed by atoms with van der Waals surface area (Å²) in [5, 5.41) is 0.612. The average Bonchev–Trinajstić information content (AvgIpc) is 2.81. The molecule has 3 nitrogen and oxygen atoms in total. The minimum Gasteiger partial charge on any atom is -0.329 e. The van der Waals surface area contributed by atoms with Crippen LogP contribution in [0.25, 0.3) is 16.9 Å². The average molecular weight is 316 g/mol. The van der Waals surface area contributed by atoms with Gasteiger partial charge >= 0.3 is 0 Å². The summed E-state index contributed by atoms with van der Waals surface area (Å²) >= 11 is 11.5. The quantitative estimate of drug-likeness (QED) is 0.665.